The smallest absolute Gasteiger partial charge is 0.160 e. The molecule has 1 aliphatic rings. The minimum atomic E-state index is -0.0951. The maximum absolute atomic E-state index is 6.34. The molecule has 1 atom stereocenters. The van der Waals surface area contributed by atoms with Gasteiger partial charge in [-0.2, -0.15) is 0 Å². The average Bonchev–Trinajstić information content (AvgIpc) is 2.78. The van der Waals surface area contributed by atoms with Gasteiger partial charge < -0.3 is 4.57 Å². The Labute approximate surface area is 132 Å². The van der Waals surface area contributed by atoms with Crippen LogP contribution in [0.1, 0.15) is 56.8 Å². The zero-order chi connectivity index (χ0) is 14.3. The number of pyridine rings is 1. The van der Waals surface area contributed by atoms with Gasteiger partial charge in [-0.3, -0.25) is 0 Å². The number of fused-ring (bicyclic) bond motifs is 1. The van der Waals surface area contributed by atoms with Crippen LogP contribution in [0.3, 0.4) is 0 Å². The second-order valence-electron chi connectivity index (χ2n) is 5.87. The van der Waals surface area contributed by atoms with Crippen LogP contribution in [0.5, 0.6) is 0 Å². The largest absolute Gasteiger partial charge is 0.308 e. The van der Waals surface area contributed by atoms with E-state index in [1.807, 2.05) is 19.2 Å². The fourth-order valence-corrected chi connectivity index (χ4v) is 3.59. The molecule has 3 rings (SSSR count). The zero-order valence-corrected chi connectivity index (χ0v) is 14.2. The van der Waals surface area contributed by atoms with Crippen LogP contribution in [-0.4, -0.2) is 14.5 Å². The lowest BCUT2D eigenvalue weighted by Crippen LogP contribution is -2.19. The van der Waals surface area contributed by atoms with E-state index in [1.54, 1.807) is 0 Å². The predicted octanol–water partition coefficient (Wildman–Crippen LogP) is 5.24. The average molecular weight is 357 g/mol. The van der Waals surface area contributed by atoms with Gasteiger partial charge in [-0.05, 0) is 60.5 Å². The lowest BCUT2D eigenvalue weighted by molar-refractivity contribution is 0.288. The fraction of sp³-hybridized carbons (Fsp3) is 0.600. The standard InChI is InChI=1S/C15H19BrClN3/c1-9-3-5-12(6-4-9)20-14(10(2)17)19-13-7-11(16)8-18-15(13)20/h7-10,12H,3-6H2,1-2H3. The Hall–Kier alpha value is -0.610. The third kappa shape index (κ3) is 2.60. The van der Waals surface area contributed by atoms with Crippen molar-refractivity contribution in [3.63, 3.8) is 0 Å². The Morgan fingerprint density at radius 2 is 2.05 bits per heavy atom. The molecule has 2 aromatic rings. The van der Waals surface area contributed by atoms with Gasteiger partial charge in [-0.25, -0.2) is 9.97 Å². The normalized spacial score (nSPS) is 25.0. The van der Waals surface area contributed by atoms with Gasteiger partial charge in [0.05, 0.1) is 5.38 Å². The highest BCUT2D eigenvalue weighted by molar-refractivity contribution is 9.10. The van der Waals surface area contributed by atoms with Crippen LogP contribution < -0.4 is 0 Å². The number of aromatic nitrogens is 3. The first-order chi connectivity index (χ1) is 9.56. The highest BCUT2D eigenvalue weighted by Gasteiger charge is 2.26. The molecular weight excluding hydrogens is 338 g/mol. The number of nitrogens with zero attached hydrogens (tertiary/aromatic N) is 3. The van der Waals surface area contributed by atoms with Crippen molar-refractivity contribution in [1.82, 2.24) is 14.5 Å². The molecule has 2 aromatic heterocycles. The van der Waals surface area contributed by atoms with Gasteiger partial charge in [-0.15, -0.1) is 11.6 Å². The molecule has 1 aliphatic carbocycles. The van der Waals surface area contributed by atoms with Crippen LogP contribution in [0, 0.1) is 5.92 Å². The van der Waals surface area contributed by atoms with Gasteiger partial charge in [0.2, 0.25) is 0 Å². The van der Waals surface area contributed by atoms with E-state index >= 15 is 0 Å². The zero-order valence-electron chi connectivity index (χ0n) is 11.8. The SMILES string of the molecule is CC1CCC(n2c(C(C)Cl)nc3cc(Br)cnc32)CC1. The van der Waals surface area contributed by atoms with Crippen molar-refractivity contribution in [3.8, 4) is 0 Å². The second-order valence-corrected chi connectivity index (χ2v) is 7.44. The van der Waals surface area contributed by atoms with Gasteiger partial charge in [0.25, 0.3) is 0 Å². The summed E-state index contributed by atoms with van der Waals surface area (Å²) in [6.07, 6.45) is 6.78. The van der Waals surface area contributed by atoms with Crippen molar-refractivity contribution in [3.05, 3.63) is 22.6 Å². The molecule has 0 aromatic carbocycles. The highest BCUT2D eigenvalue weighted by atomic mass is 79.9. The van der Waals surface area contributed by atoms with Crippen molar-refractivity contribution >= 4 is 38.7 Å². The molecule has 0 amide bonds. The molecule has 0 N–H and O–H groups in total. The molecule has 0 bridgehead atoms. The highest BCUT2D eigenvalue weighted by Crippen LogP contribution is 2.37. The summed E-state index contributed by atoms with van der Waals surface area (Å²) >= 11 is 9.81. The number of hydrogen-bond acceptors (Lipinski definition) is 2. The molecule has 20 heavy (non-hydrogen) atoms. The van der Waals surface area contributed by atoms with Crippen LogP contribution in [0.4, 0.5) is 0 Å². The van der Waals surface area contributed by atoms with Gasteiger partial charge in [-0.1, -0.05) is 6.92 Å². The third-order valence-electron chi connectivity index (χ3n) is 4.23. The molecule has 1 saturated carbocycles. The monoisotopic (exact) mass is 355 g/mol. The fourth-order valence-electron chi connectivity index (χ4n) is 3.12. The molecule has 108 valence electrons. The van der Waals surface area contributed by atoms with E-state index in [0.717, 1.165) is 27.4 Å². The van der Waals surface area contributed by atoms with Gasteiger partial charge in [0.1, 0.15) is 11.3 Å². The summed E-state index contributed by atoms with van der Waals surface area (Å²) in [6, 6.07) is 2.51. The van der Waals surface area contributed by atoms with E-state index in [-0.39, 0.29) is 5.38 Å². The summed E-state index contributed by atoms with van der Waals surface area (Å²) in [6.45, 7) is 4.32. The van der Waals surface area contributed by atoms with Crippen molar-refractivity contribution in [2.75, 3.05) is 0 Å². The maximum atomic E-state index is 6.34. The van der Waals surface area contributed by atoms with Crippen LogP contribution in [0.2, 0.25) is 0 Å². The summed E-state index contributed by atoms with van der Waals surface area (Å²) < 4.78 is 3.24. The number of halogens is 2. The first-order valence-electron chi connectivity index (χ1n) is 7.23. The number of alkyl halides is 1. The van der Waals surface area contributed by atoms with Crippen LogP contribution in [0.15, 0.2) is 16.7 Å². The van der Waals surface area contributed by atoms with Crippen LogP contribution >= 0.6 is 27.5 Å². The minimum Gasteiger partial charge on any atom is -0.308 e. The van der Waals surface area contributed by atoms with Gasteiger partial charge >= 0.3 is 0 Å². The molecule has 3 nitrogen and oxygen atoms in total. The van der Waals surface area contributed by atoms with Gasteiger partial charge in [0, 0.05) is 16.7 Å². The Kier molecular flexibility index (Phi) is 4.04. The molecular formula is C15H19BrClN3. The quantitative estimate of drug-likeness (QED) is 0.688. The number of rotatable bonds is 2. The second kappa shape index (κ2) is 5.64. The lowest BCUT2D eigenvalue weighted by Gasteiger charge is -2.29. The molecule has 0 aliphatic heterocycles. The van der Waals surface area contributed by atoms with Crippen LogP contribution in [-0.2, 0) is 0 Å². The lowest BCUT2D eigenvalue weighted by atomic mass is 9.87. The summed E-state index contributed by atoms with van der Waals surface area (Å²) in [5.74, 6) is 1.78. The summed E-state index contributed by atoms with van der Waals surface area (Å²) in [5.41, 5.74) is 1.90. The summed E-state index contributed by atoms with van der Waals surface area (Å²) in [4.78, 5) is 9.28. The summed E-state index contributed by atoms with van der Waals surface area (Å²) in [5, 5.41) is -0.0951. The molecule has 1 unspecified atom stereocenters. The number of imidazole rings is 1. The topological polar surface area (TPSA) is 30.7 Å². The van der Waals surface area contributed by atoms with Crippen molar-refractivity contribution in [2.24, 2.45) is 5.92 Å². The number of hydrogen-bond donors (Lipinski definition) is 0. The van der Waals surface area contributed by atoms with Crippen LogP contribution in [0.25, 0.3) is 11.2 Å². The maximum Gasteiger partial charge on any atom is 0.160 e. The summed E-state index contributed by atoms with van der Waals surface area (Å²) in [7, 11) is 0. The third-order valence-corrected chi connectivity index (χ3v) is 4.86. The Morgan fingerprint density at radius 3 is 2.70 bits per heavy atom. The van der Waals surface area contributed by atoms with Gasteiger partial charge in [0.15, 0.2) is 5.65 Å². The van der Waals surface area contributed by atoms with E-state index in [9.17, 15) is 0 Å². The van der Waals surface area contributed by atoms with E-state index in [4.69, 9.17) is 16.6 Å². The van der Waals surface area contributed by atoms with E-state index < -0.39 is 0 Å². The molecule has 0 saturated heterocycles. The molecule has 5 heteroatoms. The van der Waals surface area contributed by atoms with E-state index in [1.165, 1.54) is 25.7 Å². The van der Waals surface area contributed by atoms with E-state index in [2.05, 4.69) is 32.4 Å². The molecule has 0 spiro atoms. The van der Waals surface area contributed by atoms with E-state index in [0.29, 0.717) is 6.04 Å². The predicted molar refractivity (Wildman–Crippen MR) is 86.2 cm³/mol. The Morgan fingerprint density at radius 1 is 1.35 bits per heavy atom. The first kappa shape index (κ1) is 14.3. The first-order valence-corrected chi connectivity index (χ1v) is 8.46. The molecule has 1 fully saturated rings. The Balaban J connectivity index is 2.09. The molecule has 2 heterocycles. The Bertz CT molecular complexity index is 615. The van der Waals surface area contributed by atoms with Crippen molar-refractivity contribution in [2.45, 2.75) is 50.9 Å². The molecule has 0 radical (unpaired) electrons. The van der Waals surface area contributed by atoms with Crippen molar-refractivity contribution in [1.29, 1.82) is 0 Å². The van der Waals surface area contributed by atoms with Crippen molar-refractivity contribution < 1.29 is 0 Å². The minimum absolute atomic E-state index is 0.0951.